The minimum Gasteiger partial charge on any atom is -0.327 e. The molecule has 0 fully saturated rings. The molecule has 1 aliphatic rings. The summed E-state index contributed by atoms with van der Waals surface area (Å²) in [4.78, 5) is 26.8. The van der Waals surface area contributed by atoms with E-state index < -0.39 is 34.1 Å². The van der Waals surface area contributed by atoms with E-state index >= 15 is 0 Å². The van der Waals surface area contributed by atoms with Gasteiger partial charge in [0, 0.05) is 11.1 Å². The molecule has 1 amide bonds. The van der Waals surface area contributed by atoms with Crippen LogP contribution in [0.4, 0.5) is 18.9 Å². The van der Waals surface area contributed by atoms with Gasteiger partial charge in [0.05, 0.1) is 10.8 Å². The highest BCUT2D eigenvalue weighted by Crippen LogP contribution is 2.37. The van der Waals surface area contributed by atoms with Crippen LogP contribution in [0.1, 0.15) is 11.1 Å². The smallest absolute Gasteiger partial charge is 0.327 e. The van der Waals surface area contributed by atoms with Crippen LogP contribution in [0.25, 0.3) is 0 Å². The van der Waals surface area contributed by atoms with E-state index in [-0.39, 0.29) is 0 Å². The predicted octanol–water partition coefficient (Wildman–Crippen LogP) is 3.05. The summed E-state index contributed by atoms with van der Waals surface area (Å²) in [6.07, 6.45) is -3.54. The second-order valence-electron chi connectivity index (χ2n) is 5.04. The van der Waals surface area contributed by atoms with E-state index in [1.165, 1.54) is 11.8 Å². The van der Waals surface area contributed by atoms with Gasteiger partial charge in [0.2, 0.25) is 5.91 Å². The van der Waals surface area contributed by atoms with E-state index in [1.54, 1.807) is 0 Å². The van der Waals surface area contributed by atoms with Crippen LogP contribution in [0.3, 0.4) is 0 Å². The first-order chi connectivity index (χ1) is 10.8. The van der Waals surface area contributed by atoms with Crippen LogP contribution < -0.4 is 10.9 Å². The highest BCUT2D eigenvalue weighted by Gasteiger charge is 2.32. The Hall–Kier alpha value is -2.22. The van der Waals surface area contributed by atoms with Crippen molar-refractivity contribution in [2.75, 3.05) is 5.32 Å². The summed E-state index contributed by atoms with van der Waals surface area (Å²) in [6.45, 7) is 0. The Labute approximate surface area is 133 Å². The summed E-state index contributed by atoms with van der Waals surface area (Å²) in [7, 11) is 0. The van der Waals surface area contributed by atoms with Crippen molar-refractivity contribution in [3.63, 3.8) is 0 Å². The van der Waals surface area contributed by atoms with Crippen LogP contribution >= 0.6 is 11.8 Å². The third-order valence-corrected chi connectivity index (χ3v) is 4.75. The molecule has 120 valence electrons. The first kappa shape index (κ1) is 15.7. The maximum atomic E-state index is 12.7. The van der Waals surface area contributed by atoms with Crippen LogP contribution in [0.15, 0.2) is 46.2 Å². The molecule has 1 aromatic heterocycles. The quantitative estimate of drug-likeness (QED) is 0.883. The lowest BCUT2D eigenvalue weighted by molar-refractivity contribution is -0.137. The third kappa shape index (κ3) is 3.26. The van der Waals surface area contributed by atoms with Crippen LogP contribution in [-0.4, -0.2) is 16.1 Å². The van der Waals surface area contributed by atoms with E-state index in [9.17, 15) is 22.8 Å². The lowest BCUT2D eigenvalue weighted by Gasteiger charge is -2.11. The molecular formula is C15H11F3N2O2S. The molecule has 2 N–H and O–H groups in total. The van der Waals surface area contributed by atoms with Crippen molar-refractivity contribution in [2.45, 2.75) is 22.7 Å². The van der Waals surface area contributed by atoms with E-state index in [4.69, 9.17) is 0 Å². The maximum Gasteiger partial charge on any atom is 0.417 e. The zero-order chi connectivity index (χ0) is 16.6. The molecule has 3 rings (SSSR count). The molecule has 23 heavy (non-hydrogen) atoms. The van der Waals surface area contributed by atoms with Crippen molar-refractivity contribution in [3.05, 3.63) is 58.0 Å². The number of nitrogens with one attached hydrogen (secondary N) is 2. The van der Waals surface area contributed by atoms with E-state index in [0.717, 1.165) is 10.5 Å². The number of rotatable bonds is 2. The van der Waals surface area contributed by atoms with Crippen LogP contribution in [0.2, 0.25) is 0 Å². The summed E-state index contributed by atoms with van der Waals surface area (Å²) in [5.41, 5.74) is -1.18. The SMILES string of the molecule is O=C(Nc1cc(C(F)(F)F)c[nH]c1=O)[C@H]1Cc2ccccc2S1. The second kappa shape index (κ2) is 5.77. The lowest BCUT2D eigenvalue weighted by Crippen LogP contribution is -2.28. The van der Waals surface area contributed by atoms with Crippen molar-refractivity contribution >= 4 is 23.4 Å². The molecule has 8 heteroatoms. The number of anilines is 1. The van der Waals surface area contributed by atoms with Crippen LogP contribution in [-0.2, 0) is 17.4 Å². The van der Waals surface area contributed by atoms with Gasteiger partial charge in [-0.25, -0.2) is 0 Å². The van der Waals surface area contributed by atoms with Crippen molar-refractivity contribution in [3.8, 4) is 0 Å². The Morgan fingerprint density at radius 1 is 1.30 bits per heavy atom. The zero-order valence-corrected chi connectivity index (χ0v) is 12.4. The summed E-state index contributed by atoms with van der Waals surface area (Å²) in [6, 6.07) is 8.13. The fraction of sp³-hybridized carbons (Fsp3) is 0.200. The average Bonchev–Trinajstić information content (AvgIpc) is 2.92. The number of fused-ring (bicyclic) bond motifs is 1. The second-order valence-corrected chi connectivity index (χ2v) is 6.28. The summed E-state index contributed by atoms with van der Waals surface area (Å²) in [5, 5.41) is 1.82. The maximum absolute atomic E-state index is 12.7. The van der Waals surface area contributed by atoms with Crippen molar-refractivity contribution < 1.29 is 18.0 Å². The number of hydrogen-bond donors (Lipinski definition) is 2. The molecule has 0 aliphatic carbocycles. The number of benzene rings is 1. The van der Waals surface area contributed by atoms with Crippen LogP contribution in [0, 0.1) is 0 Å². The van der Waals surface area contributed by atoms with Gasteiger partial charge in [-0.2, -0.15) is 13.2 Å². The molecule has 1 atom stereocenters. The van der Waals surface area contributed by atoms with E-state index in [0.29, 0.717) is 18.7 Å². The summed E-state index contributed by atoms with van der Waals surface area (Å²) in [5.74, 6) is -0.490. The minimum absolute atomic E-state index is 0.401. The predicted molar refractivity (Wildman–Crippen MR) is 80.5 cm³/mol. The van der Waals surface area contributed by atoms with E-state index in [2.05, 4.69) is 5.32 Å². The van der Waals surface area contributed by atoms with Gasteiger partial charge >= 0.3 is 6.18 Å². The van der Waals surface area contributed by atoms with Gasteiger partial charge in [-0.3, -0.25) is 9.59 Å². The Kier molecular flexibility index (Phi) is 3.93. The number of aromatic amines is 1. The number of carbonyl (C=O) groups excluding carboxylic acids is 1. The molecule has 1 aliphatic heterocycles. The molecule has 0 bridgehead atoms. The topological polar surface area (TPSA) is 62.0 Å². The van der Waals surface area contributed by atoms with Gasteiger partial charge in [-0.15, -0.1) is 11.8 Å². The molecule has 0 unspecified atom stereocenters. The summed E-state index contributed by atoms with van der Waals surface area (Å²) < 4.78 is 38.0. The lowest BCUT2D eigenvalue weighted by atomic mass is 10.1. The largest absolute Gasteiger partial charge is 0.417 e. The molecule has 0 spiro atoms. The van der Waals surface area contributed by atoms with Gasteiger partial charge in [-0.05, 0) is 24.1 Å². The minimum atomic E-state index is -4.60. The Morgan fingerprint density at radius 2 is 2.04 bits per heavy atom. The van der Waals surface area contributed by atoms with Gasteiger partial charge in [0.15, 0.2) is 0 Å². The Bertz CT molecular complexity index is 792. The molecule has 2 aromatic rings. The Morgan fingerprint density at radius 3 is 2.74 bits per heavy atom. The molecule has 2 heterocycles. The number of halogens is 3. The van der Waals surface area contributed by atoms with Gasteiger partial charge in [0.25, 0.3) is 5.56 Å². The molecule has 4 nitrogen and oxygen atoms in total. The summed E-state index contributed by atoms with van der Waals surface area (Å²) >= 11 is 1.33. The van der Waals surface area contributed by atoms with Crippen molar-refractivity contribution in [1.82, 2.24) is 4.98 Å². The number of carbonyl (C=O) groups is 1. The number of thioether (sulfide) groups is 1. The first-order valence-corrected chi connectivity index (χ1v) is 7.58. The number of pyridine rings is 1. The number of aromatic nitrogens is 1. The fourth-order valence-electron chi connectivity index (χ4n) is 2.28. The molecular weight excluding hydrogens is 329 g/mol. The number of alkyl halides is 3. The van der Waals surface area contributed by atoms with E-state index in [1.807, 2.05) is 29.2 Å². The Balaban J connectivity index is 1.78. The third-order valence-electron chi connectivity index (χ3n) is 3.43. The van der Waals surface area contributed by atoms with Gasteiger partial charge in [0.1, 0.15) is 5.69 Å². The zero-order valence-electron chi connectivity index (χ0n) is 11.6. The highest BCUT2D eigenvalue weighted by atomic mass is 32.2. The molecule has 0 saturated carbocycles. The highest BCUT2D eigenvalue weighted by molar-refractivity contribution is 8.01. The van der Waals surface area contributed by atoms with Crippen molar-refractivity contribution in [1.29, 1.82) is 0 Å². The monoisotopic (exact) mass is 340 g/mol. The number of amides is 1. The van der Waals surface area contributed by atoms with Crippen LogP contribution in [0.5, 0.6) is 0 Å². The number of hydrogen-bond acceptors (Lipinski definition) is 3. The standard InChI is InChI=1S/C15H11F3N2O2S/c16-15(17,18)9-6-10(13(21)19-7-9)20-14(22)12-5-8-3-1-2-4-11(8)23-12/h1-4,6-7,12H,5H2,(H,19,21)(H,20,22)/t12-/m1/s1. The molecule has 0 radical (unpaired) electrons. The number of H-pyrrole nitrogens is 1. The first-order valence-electron chi connectivity index (χ1n) is 6.70. The molecule has 0 saturated heterocycles. The fourth-order valence-corrected chi connectivity index (χ4v) is 3.48. The van der Waals surface area contributed by atoms with Gasteiger partial charge < -0.3 is 10.3 Å². The van der Waals surface area contributed by atoms with Gasteiger partial charge in [-0.1, -0.05) is 18.2 Å². The molecule has 1 aromatic carbocycles. The van der Waals surface area contributed by atoms with Crippen molar-refractivity contribution in [2.24, 2.45) is 0 Å². The normalized spacial score (nSPS) is 16.9. The average molecular weight is 340 g/mol.